The summed E-state index contributed by atoms with van der Waals surface area (Å²) in [5.41, 5.74) is 0. The molecule has 3 nitrogen and oxygen atoms in total. The van der Waals surface area contributed by atoms with Gasteiger partial charge < -0.3 is 5.32 Å². The van der Waals surface area contributed by atoms with Crippen LogP contribution in [0.25, 0.3) is 0 Å². The molecule has 16 heavy (non-hydrogen) atoms. The normalized spacial score (nSPS) is 30.8. The van der Waals surface area contributed by atoms with E-state index in [1.165, 1.54) is 19.3 Å². The Labute approximate surface area is 98.9 Å². The summed E-state index contributed by atoms with van der Waals surface area (Å²) in [4.78, 5) is 0. The minimum atomic E-state index is -2.79. The number of hydrogen-bond donors (Lipinski definition) is 1. The fraction of sp³-hybridized carbons (Fsp3) is 1.00. The lowest BCUT2D eigenvalue weighted by molar-refractivity contribution is 0.513. The zero-order valence-electron chi connectivity index (χ0n) is 10.1. The van der Waals surface area contributed by atoms with Crippen molar-refractivity contribution in [3.63, 3.8) is 0 Å². The summed E-state index contributed by atoms with van der Waals surface area (Å²) in [6, 6.07) is 0.561. The zero-order valence-corrected chi connectivity index (χ0v) is 10.9. The zero-order chi connectivity index (χ0) is 11.6. The monoisotopic (exact) mass is 245 g/mol. The van der Waals surface area contributed by atoms with Gasteiger partial charge in [-0.2, -0.15) is 0 Å². The molecule has 0 aromatic rings. The summed E-state index contributed by atoms with van der Waals surface area (Å²) >= 11 is 0. The van der Waals surface area contributed by atoms with E-state index in [-0.39, 0.29) is 0 Å². The second-order valence-electron chi connectivity index (χ2n) is 5.63. The van der Waals surface area contributed by atoms with Crippen LogP contribution in [0.15, 0.2) is 0 Å². The second-order valence-corrected chi connectivity index (χ2v) is 7.86. The summed E-state index contributed by atoms with van der Waals surface area (Å²) in [5.74, 6) is 2.04. The van der Waals surface area contributed by atoms with Gasteiger partial charge in [-0.15, -0.1) is 0 Å². The molecule has 0 bridgehead atoms. The average molecular weight is 245 g/mol. The third-order valence-electron chi connectivity index (χ3n) is 3.73. The van der Waals surface area contributed by atoms with Crippen LogP contribution in [0.2, 0.25) is 0 Å². The van der Waals surface area contributed by atoms with E-state index in [9.17, 15) is 8.42 Å². The summed E-state index contributed by atoms with van der Waals surface area (Å²) < 4.78 is 23.4. The molecule has 94 valence electrons. The van der Waals surface area contributed by atoms with E-state index in [0.717, 1.165) is 18.8 Å². The Morgan fingerprint density at radius 1 is 1.19 bits per heavy atom. The average Bonchev–Trinajstić information content (AvgIpc) is 2.87. The minimum Gasteiger partial charge on any atom is -0.313 e. The second kappa shape index (κ2) is 5.05. The molecule has 0 saturated heterocycles. The van der Waals surface area contributed by atoms with Gasteiger partial charge in [-0.25, -0.2) is 8.42 Å². The van der Waals surface area contributed by atoms with Gasteiger partial charge in [0.1, 0.15) is 0 Å². The minimum absolute atomic E-state index is 0.328. The van der Waals surface area contributed by atoms with Crippen molar-refractivity contribution in [3.05, 3.63) is 0 Å². The quantitative estimate of drug-likeness (QED) is 0.773. The van der Waals surface area contributed by atoms with Gasteiger partial charge >= 0.3 is 0 Å². The Kier molecular flexibility index (Phi) is 3.90. The number of sulfone groups is 1. The first-order valence-electron chi connectivity index (χ1n) is 6.49. The molecular formula is C12H23NO2S. The van der Waals surface area contributed by atoms with Crippen molar-refractivity contribution in [2.24, 2.45) is 11.8 Å². The van der Waals surface area contributed by atoms with Crippen molar-refractivity contribution in [2.45, 2.75) is 45.1 Å². The molecule has 0 aromatic carbocycles. The standard InChI is InChI=1S/C12H23NO2S/c1-10-2-5-12(8-10)13-6-7-16(14,15)9-11-3-4-11/h10-13H,2-9H2,1H3. The molecule has 2 aliphatic carbocycles. The lowest BCUT2D eigenvalue weighted by Crippen LogP contribution is -2.32. The van der Waals surface area contributed by atoms with Gasteiger partial charge in [0.15, 0.2) is 9.84 Å². The molecule has 0 aliphatic heterocycles. The maximum Gasteiger partial charge on any atom is 0.151 e. The van der Waals surface area contributed by atoms with E-state index in [1.54, 1.807) is 0 Å². The smallest absolute Gasteiger partial charge is 0.151 e. The molecule has 0 amide bonds. The Morgan fingerprint density at radius 2 is 1.94 bits per heavy atom. The molecule has 2 saturated carbocycles. The maximum absolute atomic E-state index is 11.7. The first-order chi connectivity index (χ1) is 7.55. The highest BCUT2D eigenvalue weighted by Crippen LogP contribution is 2.30. The molecular weight excluding hydrogens is 222 g/mol. The van der Waals surface area contributed by atoms with Crippen molar-refractivity contribution in [1.29, 1.82) is 0 Å². The van der Waals surface area contributed by atoms with E-state index < -0.39 is 9.84 Å². The van der Waals surface area contributed by atoms with Crippen LogP contribution >= 0.6 is 0 Å². The predicted octanol–water partition coefficient (Wildman–Crippen LogP) is 1.59. The lowest BCUT2D eigenvalue weighted by atomic mass is 10.1. The van der Waals surface area contributed by atoms with Crippen molar-refractivity contribution in [2.75, 3.05) is 18.1 Å². The molecule has 2 fully saturated rings. The van der Waals surface area contributed by atoms with Crippen LogP contribution in [0.1, 0.15) is 39.0 Å². The van der Waals surface area contributed by atoms with Crippen LogP contribution in [-0.4, -0.2) is 32.5 Å². The van der Waals surface area contributed by atoms with Crippen molar-refractivity contribution in [1.82, 2.24) is 5.32 Å². The molecule has 0 heterocycles. The Morgan fingerprint density at radius 3 is 2.50 bits per heavy atom. The summed E-state index contributed by atoms with van der Waals surface area (Å²) in [6.07, 6.45) is 5.94. The topological polar surface area (TPSA) is 46.2 Å². The van der Waals surface area contributed by atoms with Crippen LogP contribution < -0.4 is 5.32 Å². The molecule has 1 N–H and O–H groups in total. The van der Waals surface area contributed by atoms with Gasteiger partial charge in [-0.3, -0.25) is 0 Å². The number of hydrogen-bond acceptors (Lipinski definition) is 3. The third-order valence-corrected chi connectivity index (χ3v) is 5.53. The van der Waals surface area contributed by atoms with Gasteiger partial charge in [0, 0.05) is 12.6 Å². The van der Waals surface area contributed by atoms with E-state index in [1.807, 2.05) is 0 Å². The maximum atomic E-state index is 11.7. The van der Waals surface area contributed by atoms with Crippen molar-refractivity contribution < 1.29 is 8.42 Å². The fourth-order valence-electron chi connectivity index (χ4n) is 2.54. The van der Waals surface area contributed by atoms with Crippen LogP contribution in [0, 0.1) is 11.8 Å². The Bertz CT molecular complexity index is 322. The van der Waals surface area contributed by atoms with E-state index in [0.29, 0.717) is 30.0 Å². The first-order valence-corrected chi connectivity index (χ1v) is 8.31. The van der Waals surface area contributed by atoms with E-state index in [2.05, 4.69) is 12.2 Å². The van der Waals surface area contributed by atoms with Crippen molar-refractivity contribution >= 4 is 9.84 Å². The van der Waals surface area contributed by atoms with Gasteiger partial charge in [0.2, 0.25) is 0 Å². The molecule has 2 unspecified atom stereocenters. The van der Waals surface area contributed by atoms with Crippen LogP contribution in [-0.2, 0) is 9.84 Å². The summed E-state index contributed by atoms with van der Waals surface area (Å²) in [5, 5.41) is 3.38. The molecule has 2 atom stereocenters. The first kappa shape index (κ1) is 12.4. The highest BCUT2D eigenvalue weighted by atomic mass is 32.2. The van der Waals surface area contributed by atoms with Gasteiger partial charge in [-0.05, 0) is 43.9 Å². The molecule has 0 radical (unpaired) electrons. The van der Waals surface area contributed by atoms with Gasteiger partial charge in [-0.1, -0.05) is 6.92 Å². The van der Waals surface area contributed by atoms with Crippen LogP contribution in [0.3, 0.4) is 0 Å². The summed E-state index contributed by atoms with van der Waals surface area (Å²) in [7, 11) is -2.79. The van der Waals surface area contributed by atoms with Crippen LogP contribution in [0.4, 0.5) is 0 Å². The highest BCUT2D eigenvalue weighted by Gasteiger charge is 2.28. The molecule has 0 aromatic heterocycles. The van der Waals surface area contributed by atoms with E-state index >= 15 is 0 Å². The third kappa shape index (κ3) is 4.06. The molecule has 0 spiro atoms. The number of rotatable bonds is 6. The summed E-state index contributed by atoms with van der Waals surface area (Å²) in [6.45, 7) is 2.91. The Hall–Kier alpha value is -0.0900. The predicted molar refractivity (Wildman–Crippen MR) is 66.2 cm³/mol. The fourth-order valence-corrected chi connectivity index (χ4v) is 4.19. The van der Waals surface area contributed by atoms with Gasteiger partial charge in [0.05, 0.1) is 11.5 Å². The lowest BCUT2D eigenvalue weighted by Gasteiger charge is -2.12. The highest BCUT2D eigenvalue weighted by molar-refractivity contribution is 7.91. The molecule has 2 rings (SSSR count). The van der Waals surface area contributed by atoms with Crippen molar-refractivity contribution in [3.8, 4) is 0 Å². The number of nitrogens with one attached hydrogen (secondary N) is 1. The molecule has 2 aliphatic rings. The Balaban J connectivity index is 1.63. The van der Waals surface area contributed by atoms with Gasteiger partial charge in [0.25, 0.3) is 0 Å². The van der Waals surface area contributed by atoms with Crippen LogP contribution in [0.5, 0.6) is 0 Å². The SMILES string of the molecule is CC1CCC(NCCS(=O)(=O)CC2CC2)C1. The molecule has 4 heteroatoms. The van der Waals surface area contributed by atoms with E-state index in [4.69, 9.17) is 0 Å². The largest absolute Gasteiger partial charge is 0.313 e.